The molecule has 1 fully saturated rings. The zero-order chi connectivity index (χ0) is 11.9. The van der Waals surface area contributed by atoms with Gasteiger partial charge < -0.3 is 5.32 Å². The van der Waals surface area contributed by atoms with Crippen molar-refractivity contribution in [2.24, 2.45) is 5.41 Å². The monoisotopic (exact) mass is 225 g/mol. The highest BCUT2D eigenvalue weighted by Crippen LogP contribution is 2.41. The zero-order valence-corrected chi connectivity index (χ0v) is 11.6. The molecule has 1 nitrogen and oxygen atoms in total. The van der Waals surface area contributed by atoms with Gasteiger partial charge in [0.1, 0.15) is 0 Å². The molecule has 0 aromatic carbocycles. The van der Waals surface area contributed by atoms with Crippen molar-refractivity contribution in [1.29, 1.82) is 0 Å². The predicted molar refractivity (Wildman–Crippen MR) is 72.8 cm³/mol. The van der Waals surface area contributed by atoms with Crippen LogP contribution in [0.25, 0.3) is 0 Å². The second kappa shape index (κ2) is 7.32. The van der Waals surface area contributed by atoms with Gasteiger partial charge >= 0.3 is 0 Å². The SMILES string of the molecule is CCCCCCCC1(C)CCC(NCC)C1. The molecule has 1 aliphatic rings. The third-order valence-corrected chi connectivity index (χ3v) is 4.21. The molecule has 2 unspecified atom stereocenters. The van der Waals surface area contributed by atoms with E-state index >= 15 is 0 Å². The summed E-state index contributed by atoms with van der Waals surface area (Å²) in [6.07, 6.45) is 12.9. The first kappa shape index (κ1) is 14.0. The summed E-state index contributed by atoms with van der Waals surface area (Å²) < 4.78 is 0. The molecule has 0 aromatic heterocycles. The maximum atomic E-state index is 3.61. The van der Waals surface area contributed by atoms with Crippen molar-refractivity contribution in [3.8, 4) is 0 Å². The van der Waals surface area contributed by atoms with Crippen LogP contribution in [0.2, 0.25) is 0 Å². The van der Waals surface area contributed by atoms with Crippen LogP contribution in [0.5, 0.6) is 0 Å². The van der Waals surface area contributed by atoms with Crippen molar-refractivity contribution in [3.63, 3.8) is 0 Å². The smallest absolute Gasteiger partial charge is 0.00723 e. The lowest BCUT2D eigenvalue weighted by Gasteiger charge is -2.24. The lowest BCUT2D eigenvalue weighted by atomic mass is 9.83. The third-order valence-electron chi connectivity index (χ3n) is 4.21. The summed E-state index contributed by atoms with van der Waals surface area (Å²) in [6.45, 7) is 8.15. The minimum Gasteiger partial charge on any atom is -0.314 e. The van der Waals surface area contributed by atoms with Crippen LogP contribution in [0.4, 0.5) is 0 Å². The fraction of sp³-hybridized carbons (Fsp3) is 1.00. The van der Waals surface area contributed by atoms with Crippen molar-refractivity contribution in [2.75, 3.05) is 6.54 Å². The van der Waals surface area contributed by atoms with Crippen LogP contribution in [0, 0.1) is 5.41 Å². The van der Waals surface area contributed by atoms with E-state index in [4.69, 9.17) is 0 Å². The van der Waals surface area contributed by atoms with E-state index in [1.165, 1.54) is 57.8 Å². The van der Waals surface area contributed by atoms with Crippen LogP contribution in [0.3, 0.4) is 0 Å². The van der Waals surface area contributed by atoms with E-state index in [1.54, 1.807) is 0 Å². The average Bonchev–Trinajstić information content (AvgIpc) is 2.61. The number of hydrogen-bond donors (Lipinski definition) is 1. The van der Waals surface area contributed by atoms with Crippen LogP contribution in [-0.2, 0) is 0 Å². The Kier molecular flexibility index (Phi) is 6.41. The summed E-state index contributed by atoms with van der Waals surface area (Å²) in [5.41, 5.74) is 0.652. The first-order valence-electron chi connectivity index (χ1n) is 7.43. The lowest BCUT2D eigenvalue weighted by Crippen LogP contribution is -2.27. The lowest BCUT2D eigenvalue weighted by molar-refractivity contribution is 0.285. The van der Waals surface area contributed by atoms with Gasteiger partial charge in [-0.05, 0) is 37.6 Å². The number of rotatable bonds is 8. The maximum absolute atomic E-state index is 3.61. The van der Waals surface area contributed by atoms with E-state index in [1.807, 2.05) is 0 Å². The highest BCUT2D eigenvalue weighted by molar-refractivity contribution is 4.88. The van der Waals surface area contributed by atoms with Crippen LogP contribution >= 0.6 is 0 Å². The molecule has 0 aliphatic heterocycles. The summed E-state index contributed by atoms with van der Waals surface area (Å²) in [5, 5.41) is 3.61. The van der Waals surface area contributed by atoms with Gasteiger partial charge in [0.2, 0.25) is 0 Å². The van der Waals surface area contributed by atoms with E-state index in [-0.39, 0.29) is 0 Å². The van der Waals surface area contributed by atoms with Crippen LogP contribution in [-0.4, -0.2) is 12.6 Å². The van der Waals surface area contributed by atoms with E-state index in [0.717, 1.165) is 12.6 Å². The minimum absolute atomic E-state index is 0.652. The number of unbranched alkanes of at least 4 members (excludes halogenated alkanes) is 4. The molecule has 0 bridgehead atoms. The largest absolute Gasteiger partial charge is 0.314 e. The van der Waals surface area contributed by atoms with Gasteiger partial charge in [-0.1, -0.05) is 52.9 Å². The van der Waals surface area contributed by atoms with Crippen LogP contribution < -0.4 is 5.32 Å². The fourth-order valence-electron chi connectivity index (χ4n) is 3.17. The van der Waals surface area contributed by atoms with E-state index in [9.17, 15) is 0 Å². The standard InChI is InChI=1S/C15H31N/c1-4-6-7-8-9-11-15(3)12-10-14(13-15)16-5-2/h14,16H,4-13H2,1-3H3. The molecule has 1 saturated carbocycles. The summed E-state index contributed by atoms with van der Waals surface area (Å²) in [4.78, 5) is 0. The molecule has 1 heteroatoms. The molecule has 1 rings (SSSR count). The Bertz CT molecular complexity index is 178. The van der Waals surface area contributed by atoms with Gasteiger partial charge in [-0.3, -0.25) is 0 Å². The summed E-state index contributed by atoms with van der Waals surface area (Å²) in [7, 11) is 0. The molecule has 2 atom stereocenters. The molecule has 1 aliphatic carbocycles. The first-order chi connectivity index (χ1) is 7.70. The van der Waals surface area contributed by atoms with Gasteiger partial charge in [0, 0.05) is 6.04 Å². The van der Waals surface area contributed by atoms with Crippen molar-refractivity contribution >= 4 is 0 Å². The molecular formula is C15H31N. The van der Waals surface area contributed by atoms with Gasteiger partial charge in [-0.15, -0.1) is 0 Å². The highest BCUT2D eigenvalue weighted by atomic mass is 14.9. The van der Waals surface area contributed by atoms with E-state index < -0.39 is 0 Å². The summed E-state index contributed by atoms with van der Waals surface area (Å²) >= 11 is 0. The second-order valence-corrected chi connectivity index (χ2v) is 5.97. The molecule has 0 radical (unpaired) electrons. The molecule has 0 aromatic rings. The third kappa shape index (κ3) is 4.86. The topological polar surface area (TPSA) is 12.0 Å². The van der Waals surface area contributed by atoms with Gasteiger partial charge in [0.05, 0.1) is 0 Å². The molecule has 0 saturated heterocycles. The Morgan fingerprint density at radius 2 is 1.88 bits per heavy atom. The Hall–Kier alpha value is -0.0400. The number of hydrogen-bond acceptors (Lipinski definition) is 1. The minimum atomic E-state index is 0.652. The Labute approximate surface area is 102 Å². The number of nitrogens with one attached hydrogen (secondary N) is 1. The van der Waals surface area contributed by atoms with Gasteiger partial charge in [-0.2, -0.15) is 0 Å². The van der Waals surface area contributed by atoms with Gasteiger partial charge in [0.15, 0.2) is 0 Å². The summed E-state index contributed by atoms with van der Waals surface area (Å²) in [5.74, 6) is 0. The molecule has 0 spiro atoms. The van der Waals surface area contributed by atoms with Gasteiger partial charge in [0.25, 0.3) is 0 Å². The van der Waals surface area contributed by atoms with E-state index in [0.29, 0.717) is 5.41 Å². The van der Waals surface area contributed by atoms with Gasteiger partial charge in [-0.25, -0.2) is 0 Å². The van der Waals surface area contributed by atoms with Crippen molar-refractivity contribution < 1.29 is 0 Å². The molecule has 0 heterocycles. The van der Waals surface area contributed by atoms with Crippen molar-refractivity contribution in [2.45, 2.75) is 84.6 Å². The summed E-state index contributed by atoms with van der Waals surface area (Å²) in [6, 6.07) is 0.811. The fourth-order valence-corrected chi connectivity index (χ4v) is 3.17. The first-order valence-corrected chi connectivity index (χ1v) is 7.43. The van der Waals surface area contributed by atoms with Crippen molar-refractivity contribution in [1.82, 2.24) is 5.32 Å². The van der Waals surface area contributed by atoms with Crippen LogP contribution in [0.1, 0.15) is 78.6 Å². The predicted octanol–water partition coefficient (Wildman–Crippen LogP) is 4.52. The van der Waals surface area contributed by atoms with Crippen LogP contribution in [0.15, 0.2) is 0 Å². The van der Waals surface area contributed by atoms with Crippen molar-refractivity contribution in [3.05, 3.63) is 0 Å². The molecule has 16 heavy (non-hydrogen) atoms. The highest BCUT2D eigenvalue weighted by Gasteiger charge is 2.33. The molecule has 1 N–H and O–H groups in total. The molecular weight excluding hydrogens is 194 g/mol. The maximum Gasteiger partial charge on any atom is 0.00723 e. The Morgan fingerprint density at radius 3 is 2.56 bits per heavy atom. The second-order valence-electron chi connectivity index (χ2n) is 5.97. The Balaban J connectivity index is 2.11. The Morgan fingerprint density at radius 1 is 1.12 bits per heavy atom. The normalized spacial score (nSPS) is 29.8. The quantitative estimate of drug-likeness (QED) is 0.599. The van der Waals surface area contributed by atoms with E-state index in [2.05, 4.69) is 26.1 Å². The zero-order valence-electron chi connectivity index (χ0n) is 11.6. The average molecular weight is 225 g/mol. The molecule has 0 amide bonds. The molecule has 96 valence electrons.